The fraction of sp³-hybridized carbons (Fsp3) is 0.0435. The topological polar surface area (TPSA) is 128 Å². The van der Waals surface area contributed by atoms with Crippen LogP contribution in [0.4, 0.5) is 5.82 Å². The average Bonchev–Trinajstić information content (AvgIpc) is 3.27. The van der Waals surface area contributed by atoms with Crippen molar-refractivity contribution in [2.24, 2.45) is 5.14 Å². The number of primary sulfonamides is 1. The van der Waals surface area contributed by atoms with Gasteiger partial charge in [0.25, 0.3) is 0 Å². The Bertz CT molecular complexity index is 1600. The molecule has 0 spiro atoms. The molecule has 0 amide bonds. The molecule has 0 unspecified atom stereocenters. The van der Waals surface area contributed by atoms with E-state index in [1.54, 1.807) is 16.9 Å². The van der Waals surface area contributed by atoms with Gasteiger partial charge in [-0.2, -0.15) is 0 Å². The number of anilines is 1. The first-order chi connectivity index (χ1) is 16.4. The Balaban J connectivity index is 1.67. The van der Waals surface area contributed by atoms with E-state index in [2.05, 4.69) is 20.4 Å². The van der Waals surface area contributed by atoms with Crippen LogP contribution in [-0.2, 0) is 16.6 Å². The van der Waals surface area contributed by atoms with Crippen LogP contribution in [0.15, 0.2) is 84.3 Å². The molecule has 0 fully saturated rings. The number of aromatic nitrogens is 5. The summed E-state index contributed by atoms with van der Waals surface area (Å²) in [7, 11) is -3.93. The highest BCUT2D eigenvalue weighted by atomic mass is 35.5. The Kier molecular flexibility index (Phi) is 5.70. The molecule has 9 nitrogen and oxygen atoms in total. The number of rotatable bonds is 6. The Morgan fingerprint density at radius 2 is 1.85 bits per heavy atom. The van der Waals surface area contributed by atoms with Crippen molar-refractivity contribution in [1.82, 2.24) is 24.6 Å². The first-order valence-corrected chi connectivity index (χ1v) is 12.1. The van der Waals surface area contributed by atoms with Gasteiger partial charge >= 0.3 is 0 Å². The third-order valence-corrected chi connectivity index (χ3v) is 6.35. The SMILES string of the molecule is NS(=O)(=O)c1cncc(-c2nc(NCc3ccccn3)c3c(-c4ccccc4Cl)ccn3n2)c1. The van der Waals surface area contributed by atoms with Crippen molar-refractivity contribution >= 4 is 33.0 Å². The summed E-state index contributed by atoms with van der Waals surface area (Å²) in [4.78, 5) is 12.9. The average molecular weight is 492 g/mol. The molecule has 0 saturated carbocycles. The number of pyridine rings is 2. The summed E-state index contributed by atoms with van der Waals surface area (Å²) in [5, 5.41) is 13.8. The number of halogens is 1. The Morgan fingerprint density at radius 3 is 2.62 bits per heavy atom. The molecule has 1 aromatic carbocycles. The molecule has 170 valence electrons. The second kappa shape index (κ2) is 8.82. The maximum Gasteiger partial charge on any atom is 0.239 e. The molecule has 0 bridgehead atoms. The van der Waals surface area contributed by atoms with Gasteiger partial charge in [0.2, 0.25) is 10.0 Å². The van der Waals surface area contributed by atoms with E-state index in [1.165, 1.54) is 18.5 Å². The zero-order valence-corrected chi connectivity index (χ0v) is 19.2. The van der Waals surface area contributed by atoms with E-state index in [9.17, 15) is 8.42 Å². The van der Waals surface area contributed by atoms with Gasteiger partial charge in [0.05, 0.1) is 12.2 Å². The van der Waals surface area contributed by atoms with Crippen molar-refractivity contribution < 1.29 is 8.42 Å². The summed E-state index contributed by atoms with van der Waals surface area (Å²) < 4.78 is 25.3. The van der Waals surface area contributed by atoms with Crippen LogP contribution < -0.4 is 10.5 Å². The van der Waals surface area contributed by atoms with Crippen LogP contribution in [0.3, 0.4) is 0 Å². The van der Waals surface area contributed by atoms with Gasteiger partial charge in [-0.1, -0.05) is 35.9 Å². The molecular weight excluding hydrogens is 474 g/mol. The predicted molar refractivity (Wildman–Crippen MR) is 130 cm³/mol. The van der Waals surface area contributed by atoms with Crippen LogP contribution in [-0.4, -0.2) is 33.0 Å². The molecule has 34 heavy (non-hydrogen) atoms. The van der Waals surface area contributed by atoms with Crippen LogP contribution in [0.2, 0.25) is 5.02 Å². The minimum atomic E-state index is -3.93. The summed E-state index contributed by atoms with van der Waals surface area (Å²) in [5.41, 5.74) is 3.62. The largest absolute Gasteiger partial charge is 0.363 e. The highest BCUT2D eigenvalue weighted by molar-refractivity contribution is 7.89. The van der Waals surface area contributed by atoms with E-state index in [-0.39, 0.29) is 10.7 Å². The number of fused-ring (bicyclic) bond motifs is 1. The highest BCUT2D eigenvalue weighted by Gasteiger charge is 2.18. The lowest BCUT2D eigenvalue weighted by Gasteiger charge is -2.12. The molecule has 0 aliphatic rings. The molecule has 4 aromatic heterocycles. The molecular formula is C23H18ClN7O2S. The van der Waals surface area contributed by atoms with Gasteiger partial charge in [0, 0.05) is 46.5 Å². The Hall–Kier alpha value is -3.86. The number of nitrogens with zero attached hydrogens (tertiary/aromatic N) is 5. The molecule has 5 aromatic rings. The lowest BCUT2D eigenvalue weighted by molar-refractivity contribution is 0.597. The molecule has 5 rings (SSSR count). The van der Waals surface area contributed by atoms with Gasteiger partial charge in [0.15, 0.2) is 11.6 Å². The molecule has 4 heterocycles. The van der Waals surface area contributed by atoms with Crippen LogP contribution in [0.25, 0.3) is 28.0 Å². The number of benzene rings is 1. The normalized spacial score (nSPS) is 11.6. The van der Waals surface area contributed by atoms with Crippen molar-refractivity contribution in [2.75, 3.05) is 5.32 Å². The summed E-state index contributed by atoms with van der Waals surface area (Å²) in [6.07, 6.45) is 6.18. The van der Waals surface area contributed by atoms with Gasteiger partial charge in [-0.05, 0) is 30.3 Å². The first-order valence-electron chi connectivity index (χ1n) is 10.2. The second-order valence-corrected chi connectivity index (χ2v) is 9.38. The fourth-order valence-corrected chi connectivity index (χ4v) is 4.28. The predicted octanol–water partition coefficient (Wildman–Crippen LogP) is 3.77. The van der Waals surface area contributed by atoms with E-state index < -0.39 is 10.0 Å². The van der Waals surface area contributed by atoms with Crippen molar-refractivity contribution in [2.45, 2.75) is 11.4 Å². The molecule has 0 radical (unpaired) electrons. The molecule has 0 atom stereocenters. The molecule has 3 N–H and O–H groups in total. The number of hydrogen-bond donors (Lipinski definition) is 2. The minimum absolute atomic E-state index is 0.124. The second-order valence-electron chi connectivity index (χ2n) is 7.42. The van der Waals surface area contributed by atoms with Crippen LogP contribution in [0.1, 0.15) is 5.69 Å². The quantitative estimate of drug-likeness (QED) is 0.370. The summed E-state index contributed by atoms with van der Waals surface area (Å²) in [6, 6.07) is 16.5. The van der Waals surface area contributed by atoms with Crippen LogP contribution in [0, 0.1) is 0 Å². The maximum atomic E-state index is 11.8. The van der Waals surface area contributed by atoms with Crippen LogP contribution in [0.5, 0.6) is 0 Å². The Labute approximate surface area is 200 Å². The zero-order valence-electron chi connectivity index (χ0n) is 17.6. The summed E-state index contributed by atoms with van der Waals surface area (Å²) in [6.45, 7) is 0.412. The van der Waals surface area contributed by atoms with Crippen molar-refractivity contribution in [3.63, 3.8) is 0 Å². The minimum Gasteiger partial charge on any atom is -0.363 e. The third kappa shape index (κ3) is 4.34. The van der Waals surface area contributed by atoms with E-state index >= 15 is 0 Å². The number of nitrogens with one attached hydrogen (secondary N) is 1. The summed E-state index contributed by atoms with van der Waals surface area (Å²) in [5.74, 6) is 0.798. The van der Waals surface area contributed by atoms with Gasteiger partial charge < -0.3 is 5.32 Å². The number of hydrogen-bond acceptors (Lipinski definition) is 7. The molecule has 0 aliphatic heterocycles. The van der Waals surface area contributed by atoms with Crippen molar-refractivity contribution in [3.8, 4) is 22.5 Å². The van der Waals surface area contributed by atoms with E-state index in [0.29, 0.717) is 28.5 Å². The lowest BCUT2D eigenvalue weighted by Crippen LogP contribution is -2.13. The maximum absolute atomic E-state index is 11.8. The highest BCUT2D eigenvalue weighted by Crippen LogP contribution is 2.35. The van der Waals surface area contributed by atoms with E-state index in [4.69, 9.17) is 21.7 Å². The number of nitrogens with two attached hydrogens (primary N) is 1. The van der Waals surface area contributed by atoms with Gasteiger partial charge in [-0.15, -0.1) is 5.10 Å². The standard InChI is InChI=1S/C23H18ClN7O2S/c24-20-7-2-1-6-18(20)19-8-10-31-21(19)23(28-13-16-5-3-4-9-27-16)29-22(30-31)15-11-17(14-26-12-15)34(25,32)33/h1-12,14H,13H2,(H2,25,32,33)(H,28,29,30). The fourth-order valence-electron chi connectivity index (χ4n) is 3.54. The summed E-state index contributed by atoms with van der Waals surface area (Å²) >= 11 is 6.47. The van der Waals surface area contributed by atoms with Crippen molar-refractivity contribution in [1.29, 1.82) is 0 Å². The Morgan fingerprint density at radius 1 is 1.03 bits per heavy atom. The molecule has 0 aliphatic carbocycles. The smallest absolute Gasteiger partial charge is 0.239 e. The van der Waals surface area contributed by atoms with Gasteiger partial charge in [-0.3, -0.25) is 9.97 Å². The van der Waals surface area contributed by atoms with Crippen LogP contribution >= 0.6 is 11.6 Å². The van der Waals surface area contributed by atoms with Crippen molar-refractivity contribution in [3.05, 3.63) is 90.1 Å². The van der Waals surface area contributed by atoms with Gasteiger partial charge in [0.1, 0.15) is 10.4 Å². The monoisotopic (exact) mass is 491 g/mol. The third-order valence-electron chi connectivity index (χ3n) is 5.14. The zero-order chi connectivity index (χ0) is 23.7. The van der Waals surface area contributed by atoms with Gasteiger partial charge in [-0.25, -0.2) is 23.1 Å². The van der Waals surface area contributed by atoms with E-state index in [1.807, 2.05) is 48.5 Å². The first kappa shape index (κ1) is 22.0. The molecule has 11 heteroatoms. The molecule has 0 saturated heterocycles. The van der Waals surface area contributed by atoms with E-state index in [0.717, 1.165) is 16.8 Å². The lowest BCUT2D eigenvalue weighted by atomic mass is 10.1. The number of sulfonamides is 1.